The van der Waals surface area contributed by atoms with E-state index in [1.165, 1.54) is 0 Å². The third-order valence-corrected chi connectivity index (χ3v) is 4.36. The summed E-state index contributed by atoms with van der Waals surface area (Å²) in [4.78, 5) is 0.391. The summed E-state index contributed by atoms with van der Waals surface area (Å²) in [7, 11) is -3.18. The Balaban J connectivity index is -0.00000000213. The zero-order valence-electron chi connectivity index (χ0n) is 26.9. The molecule has 52 heavy (non-hydrogen) atoms. The maximum atomic E-state index is 11.9. The van der Waals surface area contributed by atoms with E-state index in [2.05, 4.69) is 50.1 Å². The highest BCUT2D eigenvalue weighted by atomic mass is 32.2. The van der Waals surface area contributed by atoms with Gasteiger partial charge in [0.25, 0.3) is 0 Å². The lowest BCUT2D eigenvalue weighted by Gasteiger charge is -2.18. The summed E-state index contributed by atoms with van der Waals surface area (Å²) in [5.74, 6) is 0. The molecule has 0 radical (unpaired) electrons. The van der Waals surface area contributed by atoms with Crippen molar-refractivity contribution in [3.05, 3.63) is 30.3 Å². The molecule has 1 aromatic carbocycles. The molecule has 0 amide bonds. The molecule has 0 spiro atoms. The van der Waals surface area contributed by atoms with Gasteiger partial charge in [-0.1, -0.05) is 18.2 Å². The summed E-state index contributed by atoms with van der Waals surface area (Å²) in [5, 5.41) is 0. The number of rotatable bonds is 1. The molecule has 30 nitrogen and oxygen atoms in total. The Kier molecular flexibility index (Phi) is 2670. The van der Waals surface area contributed by atoms with Crippen LogP contribution >= 0.6 is 94.5 Å². The summed E-state index contributed by atoms with van der Waals surface area (Å²) in [6.45, 7) is 5.11. The summed E-state index contributed by atoms with van der Waals surface area (Å²) >= 11 is 11.3. The molecule has 0 aliphatic carbocycles. The van der Waals surface area contributed by atoms with Crippen molar-refractivity contribution in [1.82, 2.24) is 0 Å². The minimum absolute atomic E-state index is 0. The largest absolute Gasteiger partial charge is 0.412 e. The fraction of sp³-hybridized carbons (Fsp3) is 0.400. The molecule has 0 bridgehead atoms. The molecule has 48 N–H and O–H groups in total. The fourth-order valence-electron chi connectivity index (χ4n) is 0.953. The lowest BCUT2D eigenvalue weighted by molar-refractivity contribution is 0.560. The van der Waals surface area contributed by atoms with E-state index in [0.717, 1.165) is 0 Å². The Bertz CT molecular complexity index is 478. The first-order valence-corrected chi connectivity index (χ1v) is 7.64. The van der Waals surface area contributed by atoms with Crippen LogP contribution in [0.1, 0.15) is 20.8 Å². The van der Waals surface area contributed by atoms with Crippen molar-refractivity contribution < 1.29 is 157 Å². The average Bonchev–Trinajstić information content (AvgIpc) is 2.55. The van der Waals surface area contributed by atoms with Crippen LogP contribution < -0.4 is 0 Å². The third-order valence-electron chi connectivity index (χ3n) is 1.86. The lowest BCUT2D eigenvalue weighted by atomic mass is 10.3. The molecule has 0 aromatic heterocycles. The molecule has 0 atom stereocenters. The first kappa shape index (κ1) is 449. The smallest absolute Gasteiger partial charge is 0.197 e. The van der Waals surface area contributed by atoms with Gasteiger partial charge < -0.3 is 131 Å². The van der Waals surface area contributed by atoms with Gasteiger partial charge in [0.05, 0.1) is 9.64 Å². The van der Waals surface area contributed by atoms with Gasteiger partial charge in [-0.15, -0.1) is 0 Å². The predicted octanol–water partition coefficient (Wildman–Crippen LogP) is -18.1. The van der Waals surface area contributed by atoms with E-state index in [9.17, 15) is 8.42 Å². The van der Waals surface area contributed by atoms with Crippen molar-refractivity contribution in [2.24, 2.45) is 0 Å². The highest BCUT2D eigenvalue weighted by Gasteiger charge is 2.30. The van der Waals surface area contributed by atoms with E-state index >= 15 is 0 Å². The van der Waals surface area contributed by atoms with Crippen LogP contribution in [-0.4, -0.2) is 161 Å². The fourth-order valence-corrected chi connectivity index (χ4v) is 2.18. The van der Waals surface area contributed by atoms with E-state index < -0.39 is 14.6 Å². The zero-order valence-corrected chi connectivity index (χ0v) is 38.0. The van der Waals surface area contributed by atoms with Crippen LogP contribution in [0.3, 0.4) is 0 Å². The average molecular weight is 1060 g/mol. The van der Waals surface area contributed by atoms with Crippen molar-refractivity contribution in [1.29, 1.82) is 0 Å². The number of benzene rings is 1. The van der Waals surface area contributed by atoms with Crippen LogP contribution in [0.2, 0.25) is 0 Å². The van der Waals surface area contributed by atoms with Gasteiger partial charge in [-0.3, -0.25) is 0 Å². The molecule has 1 rings (SSSR count). The van der Waals surface area contributed by atoms with E-state index in [1.807, 2.05) is 6.07 Å². The lowest BCUT2D eigenvalue weighted by Crippen LogP contribution is -2.27. The minimum Gasteiger partial charge on any atom is -0.412 e. The second-order valence-electron chi connectivity index (χ2n) is 3.93. The molecule has 0 saturated heterocycles. The first-order valence-electron chi connectivity index (χ1n) is 4.82. The molecule has 42 heteroatoms. The van der Waals surface area contributed by atoms with E-state index in [0.29, 0.717) is 4.90 Å². The molecule has 0 aliphatic heterocycles. The summed E-state index contributed by atoms with van der Waals surface area (Å²) < 4.78 is 54.3. The standard InChI is InChI=1S/C10H14O2S.4OS.24H2O.7H2S/c1-10(2,3)13(11,12)9-7-5-4-6-8-9;4*1-2;;;;;;;;;;;;;;;;;;;;;;;;;;;;;;;/h4-8H,1-3H3;;;;;31*1H2. The Morgan fingerprint density at radius 2 is 0.442 bits per heavy atom. The highest BCUT2D eigenvalue weighted by Crippen LogP contribution is 2.23. The molecule has 0 unspecified atom stereocenters. The highest BCUT2D eigenvalue weighted by molar-refractivity contribution is 7.92. The monoisotopic (exact) mass is 1060 g/mol. The molecule has 0 fully saturated rings. The van der Waals surface area contributed by atoms with Crippen molar-refractivity contribution in [3.8, 4) is 0 Å². The predicted molar refractivity (Wildman–Crippen MR) is 245 cm³/mol. The SMILES string of the molecule is CC(C)(C)S(=O)(=O)c1ccccc1.O.O.O.O.O.O.O.O.O.O.O.O.O.O.O.O.O.O.O.O.O.O.O.O.O=S.O=S.O=S.O=S.S.S.S.S.S.S.S. The molecule has 1 aromatic rings. The van der Waals surface area contributed by atoms with E-state index in [-0.39, 0.29) is 226 Å². The molecule has 0 saturated carbocycles. The minimum atomic E-state index is -3.18. The molecular formula is C10H76O30S12. The van der Waals surface area contributed by atoms with E-state index in [4.69, 9.17) is 16.8 Å². The molecule has 368 valence electrons. The second-order valence-corrected chi connectivity index (χ2v) is 6.63. The van der Waals surface area contributed by atoms with Crippen LogP contribution in [0.4, 0.5) is 0 Å². The van der Waals surface area contributed by atoms with Gasteiger partial charge in [-0.05, 0) is 32.9 Å². The number of hydrogen-bond donors (Lipinski definition) is 0. The van der Waals surface area contributed by atoms with Crippen molar-refractivity contribution in [3.63, 3.8) is 0 Å². The van der Waals surface area contributed by atoms with Crippen molar-refractivity contribution in [2.75, 3.05) is 0 Å². The van der Waals surface area contributed by atoms with Gasteiger partial charge >= 0.3 is 0 Å². The maximum Gasteiger partial charge on any atom is 0.197 e. The molecule has 0 aliphatic rings. The first-order chi connectivity index (χ1) is 9.86. The van der Waals surface area contributed by atoms with Gasteiger partial charge in [0, 0.05) is 0 Å². The molecular weight excluding hydrogens is 985 g/mol. The number of hydrogen-bond acceptors (Lipinski definition) is 10. The van der Waals surface area contributed by atoms with Crippen LogP contribution in [0.25, 0.3) is 0 Å². The van der Waals surface area contributed by atoms with Gasteiger partial charge in [0.15, 0.2) is 60.0 Å². The van der Waals surface area contributed by atoms with Crippen LogP contribution in [0.15, 0.2) is 35.2 Å². The van der Waals surface area contributed by atoms with E-state index in [1.54, 1.807) is 45.0 Å². The van der Waals surface area contributed by atoms with Gasteiger partial charge in [0.1, 0.15) is 0 Å². The van der Waals surface area contributed by atoms with Crippen molar-refractivity contribution >= 4 is 154 Å². The Morgan fingerprint density at radius 3 is 0.538 bits per heavy atom. The third kappa shape index (κ3) is 223. The van der Waals surface area contributed by atoms with Gasteiger partial charge in [-0.2, -0.15) is 111 Å². The summed E-state index contributed by atoms with van der Waals surface area (Å²) in [6, 6.07) is 8.53. The summed E-state index contributed by atoms with van der Waals surface area (Å²) in [5.41, 5.74) is 0. The van der Waals surface area contributed by atoms with Gasteiger partial charge in [-0.25, -0.2) is 8.42 Å². The topological polar surface area (TPSA) is 858 Å². The molecule has 0 heterocycles. The second kappa shape index (κ2) is 310. The quantitative estimate of drug-likeness (QED) is 0.256. The van der Waals surface area contributed by atoms with Crippen LogP contribution in [0, 0.1) is 0 Å². The Hall–Kier alpha value is 0.740. The Morgan fingerprint density at radius 1 is 0.327 bits per heavy atom. The van der Waals surface area contributed by atoms with Crippen molar-refractivity contribution in [2.45, 2.75) is 30.4 Å². The zero-order chi connectivity index (χ0) is 18.1. The number of sulfone groups is 1. The van der Waals surface area contributed by atoms with Gasteiger partial charge in [0.2, 0.25) is 0 Å². The maximum absolute atomic E-state index is 11.9. The summed E-state index contributed by atoms with van der Waals surface area (Å²) in [6.07, 6.45) is 0. The normalized spacial score (nSPS) is 3.52. The van der Waals surface area contributed by atoms with Crippen LogP contribution in [0.5, 0.6) is 0 Å². The Labute approximate surface area is 369 Å². The van der Waals surface area contributed by atoms with Crippen LogP contribution in [-0.2, 0) is 60.0 Å².